The average Bonchev–Trinajstić information content (AvgIpc) is 2.37. The van der Waals surface area contributed by atoms with Crippen LogP contribution in [0.2, 0.25) is 0 Å². The van der Waals surface area contributed by atoms with E-state index in [1.54, 1.807) is 0 Å². The van der Waals surface area contributed by atoms with Gasteiger partial charge in [0.2, 0.25) is 0 Å². The maximum Gasteiger partial charge on any atom is 0.405 e. The van der Waals surface area contributed by atoms with E-state index in [9.17, 15) is 9.59 Å². The van der Waals surface area contributed by atoms with Crippen LogP contribution in [0.5, 0.6) is 0 Å². The molecule has 0 unspecified atom stereocenters. The van der Waals surface area contributed by atoms with E-state index < -0.39 is 23.3 Å². The fraction of sp³-hybridized carbons (Fsp3) is 0.875. The molecule has 2 amide bonds. The summed E-state index contributed by atoms with van der Waals surface area (Å²) in [7, 11) is 0. The van der Waals surface area contributed by atoms with E-state index in [0.29, 0.717) is 0 Å². The second kappa shape index (κ2) is 11.1. The van der Waals surface area contributed by atoms with Gasteiger partial charge < -0.3 is 31.5 Å². The third kappa shape index (κ3) is 14.1. The Balaban J connectivity index is 3.49. The molecule has 0 aliphatic carbocycles. The largest absolute Gasteiger partial charge is 0.465 e. The Labute approximate surface area is 144 Å². The highest BCUT2D eigenvalue weighted by Crippen LogP contribution is 2.07. The second-order valence-corrected chi connectivity index (χ2v) is 7.34. The van der Waals surface area contributed by atoms with E-state index in [4.69, 9.17) is 10.2 Å². The molecule has 8 nitrogen and oxygen atoms in total. The van der Waals surface area contributed by atoms with Gasteiger partial charge in [-0.15, -0.1) is 0 Å². The van der Waals surface area contributed by atoms with Gasteiger partial charge in [0.15, 0.2) is 0 Å². The Kier molecular flexibility index (Phi) is 10.4. The van der Waals surface area contributed by atoms with Gasteiger partial charge in [-0.25, -0.2) is 9.59 Å². The van der Waals surface area contributed by atoms with E-state index in [-0.39, 0.29) is 0 Å². The number of hydrogen-bond donors (Lipinski definition) is 6. The second-order valence-electron chi connectivity index (χ2n) is 7.34. The maximum atomic E-state index is 10.6. The molecule has 0 radical (unpaired) electrons. The molecule has 0 rings (SSSR count). The van der Waals surface area contributed by atoms with Gasteiger partial charge in [0, 0.05) is 11.1 Å². The third-order valence-corrected chi connectivity index (χ3v) is 3.70. The number of amides is 2. The number of rotatable bonds is 13. The minimum Gasteiger partial charge on any atom is -0.465 e. The van der Waals surface area contributed by atoms with E-state index in [0.717, 1.165) is 51.9 Å². The zero-order valence-electron chi connectivity index (χ0n) is 15.4. The van der Waals surface area contributed by atoms with Crippen LogP contribution in [0.25, 0.3) is 0 Å². The van der Waals surface area contributed by atoms with Crippen LogP contribution in [-0.4, -0.2) is 59.7 Å². The molecule has 0 saturated heterocycles. The SMILES string of the molecule is CC(C)(CCNCCCCNCCC(C)(C)NC(=O)O)NC(=O)O. The van der Waals surface area contributed by atoms with Crippen LogP contribution >= 0.6 is 0 Å². The lowest BCUT2D eigenvalue weighted by Gasteiger charge is -2.24. The zero-order chi connectivity index (χ0) is 18.6. The van der Waals surface area contributed by atoms with Crippen LogP contribution in [-0.2, 0) is 0 Å². The van der Waals surface area contributed by atoms with Crippen molar-refractivity contribution in [3.8, 4) is 0 Å². The van der Waals surface area contributed by atoms with Gasteiger partial charge in [-0.3, -0.25) is 0 Å². The summed E-state index contributed by atoms with van der Waals surface area (Å²) in [6, 6.07) is 0. The fourth-order valence-electron chi connectivity index (χ4n) is 2.26. The number of hydrogen-bond acceptors (Lipinski definition) is 4. The number of carbonyl (C=O) groups is 2. The molecular formula is C16H34N4O4. The molecular weight excluding hydrogens is 312 g/mol. The molecule has 0 aromatic rings. The minimum atomic E-state index is -0.993. The smallest absolute Gasteiger partial charge is 0.405 e. The van der Waals surface area contributed by atoms with E-state index in [1.807, 2.05) is 27.7 Å². The maximum absolute atomic E-state index is 10.6. The molecule has 0 aromatic carbocycles. The molecule has 142 valence electrons. The third-order valence-electron chi connectivity index (χ3n) is 3.70. The summed E-state index contributed by atoms with van der Waals surface area (Å²) >= 11 is 0. The van der Waals surface area contributed by atoms with Crippen molar-refractivity contribution in [3.63, 3.8) is 0 Å². The van der Waals surface area contributed by atoms with E-state index >= 15 is 0 Å². The highest BCUT2D eigenvalue weighted by Gasteiger charge is 2.19. The molecule has 0 fully saturated rings. The molecule has 0 heterocycles. The molecule has 0 spiro atoms. The standard InChI is InChI=1S/C16H34N4O4/c1-15(2,19-13(21)22)7-11-17-9-5-6-10-18-12-8-16(3,4)20-14(23)24/h17-20H,5-12H2,1-4H3,(H,21,22)(H,23,24). The fourth-order valence-corrected chi connectivity index (χ4v) is 2.26. The van der Waals surface area contributed by atoms with Crippen molar-refractivity contribution in [1.82, 2.24) is 21.3 Å². The van der Waals surface area contributed by atoms with Crippen molar-refractivity contribution in [3.05, 3.63) is 0 Å². The normalized spacial score (nSPS) is 12.0. The highest BCUT2D eigenvalue weighted by atomic mass is 16.4. The first-order valence-electron chi connectivity index (χ1n) is 8.48. The molecule has 0 aliphatic rings. The molecule has 8 heteroatoms. The summed E-state index contributed by atoms with van der Waals surface area (Å²) in [5, 5.41) is 29.0. The van der Waals surface area contributed by atoms with Gasteiger partial charge in [0.1, 0.15) is 0 Å². The van der Waals surface area contributed by atoms with Crippen molar-refractivity contribution < 1.29 is 19.8 Å². The van der Waals surface area contributed by atoms with Gasteiger partial charge >= 0.3 is 12.2 Å². The minimum absolute atomic E-state index is 0.419. The van der Waals surface area contributed by atoms with Crippen LogP contribution in [0.15, 0.2) is 0 Å². The van der Waals surface area contributed by atoms with Gasteiger partial charge in [0.25, 0.3) is 0 Å². The first-order valence-corrected chi connectivity index (χ1v) is 8.48. The number of carboxylic acid groups (broad SMARTS) is 2. The van der Waals surface area contributed by atoms with Gasteiger partial charge in [-0.1, -0.05) is 0 Å². The van der Waals surface area contributed by atoms with Crippen LogP contribution in [0, 0.1) is 0 Å². The van der Waals surface area contributed by atoms with Crippen molar-refractivity contribution in [2.45, 2.75) is 64.5 Å². The topological polar surface area (TPSA) is 123 Å². The van der Waals surface area contributed by atoms with Gasteiger partial charge in [0.05, 0.1) is 0 Å². The Hall–Kier alpha value is -1.54. The lowest BCUT2D eigenvalue weighted by atomic mass is 10.0. The predicted molar refractivity (Wildman–Crippen MR) is 94.7 cm³/mol. The van der Waals surface area contributed by atoms with Gasteiger partial charge in [-0.2, -0.15) is 0 Å². The quantitative estimate of drug-likeness (QED) is 0.283. The monoisotopic (exact) mass is 346 g/mol. The molecule has 0 saturated carbocycles. The van der Waals surface area contributed by atoms with E-state index in [1.165, 1.54) is 0 Å². The predicted octanol–water partition coefficient (Wildman–Crippen LogP) is 1.82. The summed E-state index contributed by atoms with van der Waals surface area (Å²) in [6.07, 6.45) is 1.57. The number of unbranched alkanes of at least 4 members (excludes halogenated alkanes) is 1. The average molecular weight is 346 g/mol. The van der Waals surface area contributed by atoms with Crippen LogP contribution < -0.4 is 21.3 Å². The van der Waals surface area contributed by atoms with Crippen LogP contribution in [0.4, 0.5) is 9.59 Å². The first kappa shape index (κ1) is 22.5. The Morgan fingerprint density at radius 2 is 1.04 bits per heavy atom. The molecule has 0 atom stereocenters. The van der Waals surface area contributed by atoms with E-state index in [2.05, 4.69) is 21.3 Å². The lowest BCUT2D eigenvalue weighted by molar-refractivity contribution is 0.179. The lowest BCUT2D eigenvalue weighted by Crippen LogP contribution is -2.44. The van der Waals surface area contributed by atoms with Crippen LogP contribution in [0.3, 0.4) is 0 Å². The number of nitrogens with one attached hydrogen (secondary N) is 4. The summed E-state index contributed by atoms with van der Waals surface area (Å²) in [5.41, 5.74) is -0.839. The Bertz CT molecular complexity index is 350. The Morgan fingerprint density at radius 3 is 1.33 bits per heavy atom. The summed E-state index contributed by atoms with van der Waals surface area (Å²) < 4.78 is 0. The summed E-state index contributed by atoms with van der Waals surface area (Å²) in [4.78, 5) is 21.2. The van der Waals surface area contributed by atoms with Crippen molar-refractivity contribution in [1.29, 1.82) is 0 Å². The Morgan fingerprint density at radius 1 is 0.708 bits per heavy atom. The molecule has 24 heavy (non-hydrogen) atoms. The summed E-state index contributed by atoms with van der Waals surface area (Å²) in [6.45, 7) is 10.8. The molecule has 0 aliphatic heterocycles. The van der Waals surface area contributed by atoms with Crippen LogP contribution in [0.1, 0.15) is 53.4 Å². The van der Waals surface area contributed by atoms with Crippen molar-refractivity contribution in [2.75, 3.05) is 26.2 Å². The zero-order valence-corrected chi connectivity index (χ0v) is 15.4. The molecule has 6 N–H and O–H groups in total. The van der Waals surface area contributed by atoms with Gasteiger partial charge in [-0.05, 0) is 79.6 Å². The van der Waals surface area contributed by atoms with Crippen molar-refractivity contribution >= 4 is 12.2 Å². The highest BCUT2D eigenvalue weighted by molar-refractivity contribution is 5.65. The first-order chi connectivity index (χ1) is 11.0. The molecule has 0 bridgehead atoms. The van der Waals surface area contributed by atoms with Crippen molar-refractivity contribution in [2.24, 2.45) is 0 Å². The summed E-state index contributed by atoms with van der Waals surface area (Å²) in [5.74, 6) is 0. The molecule has 0 aromatic heterocycles.